The molecule has 1 atom stereocenters. The van der Waals surface area contributed by atoms with Crippen LogP contribution in [0.25, 0.3) is 0 Å². The van der Waals surface area contributed by atoms with Crippen molar-refractivity contribution in [2.24, 2.45) is 0 Å². The molecule has 20 heavy (non-hydrogen) atoms. The quantitative estimate of drug-likeness (QED) is 0.864. The number of piperidine rings is 1. The van der Waals surface area contributed by atoms with E-state index in [0.717, 1.165) is 18.7 Å². The first-order valence-electron chi connectivity index (χ1n) is 7.00. The molecule has 1 fully saturated rings. The molecule has 6 heteroatoms. The Morgan fingerprint density at radius 1 is 1.25 bits per heavy atom. The topological polar surface area (TPSA) is 61.4 Å². The third kappa shape index (κ3) is 3.71. The van der Waals surface area contributed by atoms with Gasteiger partial charge in [-0.15, -0.1) is 0 Å². The number of nitrogens with one attached hydrogen (secondary N) is 2. The number of likely N-dealkylation sites (tertiary alicyclic amines) is 1. The molecule has 0 radical (unpaired) electrons. The Labute approximate surface area is 121 Å². The van der Waals surface area contributed by atoms with Gasteiger partial charge in [-0.3, -0.25) is 0 Å². The van der Waals surface area contributed by atoms with Crippen LogP contribution in [-0.4, -0.2) is 46.5 Å². The van der Waals surface area contributed by atoms with E-state index in [1.54, 1.807) is 31.3 Å². The molecule has 0 bridgehead atoms. The summed E-state index contributed by atoms with van der Waals surface area (Å²) in [5.74, 6) is 0. The summed E-state index contributed by atoms with van der Waals surface area (Å²) >= 11 is 0. The zero-order chi connectivity index (χ0) is 14.6. The summed E-state index contributed by atoms with van der Waals surface area (Å²) in [5, 5.41) is 2.97. The van der Waals surface area contributed by atoms with Crippen molar-refractivity contribution in [1.29, 1.82) is 0 Å². The zero-order valence-electron chi connectivity index (χ0n) is 12.1. The van der Waals surface area contributed by atoms with Crippen LogP contribution in [0.1, 0.15) is 19.3 Å². The summed E-state index contributed by atoms with van der Waals surface area (Å²) in [5.41, 5.74) is 0.899. The van der Waals surface area contributed by atoms with Crippen molar-refractivity contribution in [3.05, 3.63) is 24.3 Å². The van der Waals surface area contributed by atoms with E-state index in [9.17, 15) is 8.42 Å². The Balaban J connectivity index is 1.99. The average molecular weight is 297 g/mol. The maximum absolute atomic E-state index is 12.2. The SMILES string of the molecule is CNc1ccc(S(=O)(=O)NCC2CCCCN2C)cc1. The molecule has 5 nitrogen and oxygen atoms in total. The first kappa shape index (κ1) is 15.3. The Morgan fingerprint density at radius 2 is 1.95 bits per heavy atom. The molecule has 1 aliphatic rings. The molecule has 1 unspecified atom stereocenters. The number of hydrogen-bond acceptors (Lipinski definition) is 4. The highest BCUT2D eigenvalue weighted by atomic mass is 32.2. The molecule has 2 rings (SSSR count). The van der Waals surface area contributed by atoms with Crippen LogP contribution in [0.3, 0.4) is 0 Å². The van der Waals surface area contributed by atoms with Gasteiger partial charge in [0.15, 0.2) is 0 Å². The molecule has 1 aromatic carbocycles. The Kier molecular flexibility index (Phi) is 5.01. The number of rotatable bonds is 5. The Bertz CT molecular complexity index is 528. The van der Waals surface area contributed by atoms with Gasteiger partial charge in [0.05, 0.1) is 4.90 Å². The highest BCUT2D eigenvalue weighted by molar-refractivity contribution is 7.89. The van der Waals surface area contributed by atoms with Crippen molar-refractivity contribution >= 4 is 15.7 Å². The minimum absolute atomic E-state index is 0.301. The van der Waals surface area contributed by atoms with Crippen molar-refractivity contribution in [2.75, 3.05) is 32.5 Å². The second-order valence-corrected chi connectivity index (χ2v) is 7.02. The molecule has 0 saturated carbocycles. The summed E-state index contributed by atoms with van der Waals surface area (Å²) in [4.78, 5) is 2.55. The molecule has 1 saturated heterocycles. The normalized spacial score (nSPS) is 20.8. The predicted molar refractivity (Wildman–Crippen MR) is 81.4 cm³/mol. The lowest BCUT2D eigenvalue weighted by Gasteiger charge is -2.32. The summed E-state index contributed by atoms with van der Waals surface area (Å²) in [6.45, 7) is 1.52. The molecule has 0 aromatic heterocycles. The van der Waals surface area contributed by atoms with Crippen molar-refractivity contribution in [3.8, 4) is 0 Å². The molecular formula is C14H23N3O2S. The van der Waals surface area contributed by atoms with Crippen LogP contribution in [0, 0.1) is 0 Å². The van der Waals surface area contributed by atoms with Crippen molar-refractivity contribution in [1.82, 2.24) is 9.62 Å². The molecule has 0 spiro atoms. The lowest BCUT2D eigenvalue weighted by molar-refractivity contribution is 0.187. The molecule has 112 valence electrons. The monoisotopic (exact) mass is 297 g/mol. The van der Waals surface area contributed by atoms with Gasteiger partial charge < -0.3 is 10.2 Å². The summed E-state index contributed by atoms with van der Waals surface area (Å²) in [6.07, 6.45) is 3.43. The van der Waals surface area contributed by atoms with Gasteiger partial charge >= 0.3 is 0 Å². The van der Waals surface area contributed by atoms with E-state index < -0.39 is 10.0 Å². The Hall–Kier alpha value is -1.11. The van der Waals surface area contributed by atoms with Crippen LogP contribution < -0.4 is 10.0 Å². The number of nitrogens with zero attached hydrogens (tertiary/aromatic N) is 1. The van der Waals surface area contributed by atoms with Gasteiger partial charge in [0.1, 0.15) is 0 Å². The molecular weight excluding hydrogens is 274 g/mol. The van der Waals surface area contributed by atoms with Gasteiger partial charge in [0.25, 0.3) is 0 Å². The largest absolute Gasteiger partial charge is 0.388 e. The minimum Gasteiger partial charge on any atom is -0.388 e. The van der Waals surface area contributed by atoms with E-state index in [-0.39, 0.29) is 0 Å². The molecule has 1 aromatic rings. The fourth-order valence-electron chi connectivity index (χ4n) is 2.49. The number of anilines is 1. The summed E-state index contributed by atoms with van der Waals surface area (Å²) in [7, 11) is 0.449. The maximum atomic E-state index is 12.2. The van der Waals surface area contributed by atoms with E-state index in [1.165, 1.54) is 12.8 Å². The van der Waals surface area contributed by atoms with Gasteiger partial charge in [-0.05, 0) is 50.7 Å². The highest BCUT2D eigenvalue weighted by Crippen LogP contribution is 2.16. The summed E-state index contributed by atoms with van der Waals surface area (Å²) < 4.78 is 27.2. The maximum Gasteiger partial charge on any atom is 0.240 e. The van der Waals surface area contributed by atoms with Gasteiger partial charge in [-0.25, -0.2) is 13.1 Å². The zero-order valence-corrected chi connectivity index (χ0v) is 12.9. The van der Waals surface area contributed by atoms with E-state index in [1.807, 2.05) is 0 Å². The predicted octanol–water partition coefficient (Wildman–Crippen LogP) is 1.49. The number of hydrogen-bond donors (Lipinski definition) is 2. The molecule has 1 aliphatic heterocycles. The van der Waals surface area contributed by atoms with Gasteiger partial charge in [0.2, 0.25) is 10.0 Å². The molecule has 0 amide bonds. The van der Waals surface area contributed by atoms with Crippen molar-refractivity contribution < 1.29 is 8.42 Å². The van der Waals surface area contributed by atoms with Gasteiger partial charge in [0, 0.05) is 25.3 Å². The highest BCUT2D eigenvalue weighted by Gasteiger charge is 2.21. The van der Waals surface area contributed by atoms with Crippen LogP contribution in [0.15, 0.2) is 29.2 Å². The van der Waals surface area contributed by atoms with Crippen LogP contribution in [0.4, 0.5) is 5.69 Å². The second kappa shape index (κ2) is 6.56. The first-order valence-corrected chi connectivity index (χ1v) is 8.49. The van der Waals surface area contributed by atoms with Crippen LogP contribution >= 0.6 is 0 Å². The van der Waals surface area contributed by atoms with E-state index in [4.69, 9.17) is 0 Å². The lowest BCUT2D eigenvalue weighted by atomic mass is 10.0. The molecule has 2 N–H and O–H groups in total. The molecule has 1 heterocycles. The number of sulfonamides is 1. The van der Waals surface area contributed by atoms with Crippen LogP contribution in [0.5, 0.6) is 0 Å². The van der Waals surface area contributed by atoms with Crippen LogP contribution in [0.2, 0.25) is 0 Å². The van der Waals surface area contributed by atoms with Crippen LogP contribution in [-0.2, 0) is 10.0 Å². The third-order valence-corrected chi connectivity index (χ3v) is 5.32. The fraction of sp³-hybridized carbons (Fsp3) is 0.571. The fourth-order valence-corrected chi connectivity index (χ4v) is 3.56. The van der Waals surface area contributed by atoms with E-state index in [2.05, 4.69) is 22.0 Å². The lowest BCUT2D eigenvalue weighted by Crippen LogP contribution is -2.44. The van der Waals surface area contributed by atoms with Crippen molar-refractivity contribution in [2.45, 2.75) is 30.2 Å². The Morgan fingerprint density at radius 3 is 2.55 bits per heavy atom. The van der Waals surface area contributed by atoms with E-state index >= 15 is 0 Å². The first-order chi connectivity index (χ1) is 9.53. The van der Waals surface area contributed by atoms with Gasteiger partial charge in [-0.1, -0.05) is 6.42 Å². The molecule has 0 aliphatic carbocycles. The number of likely N-dealkylation sites (N-methyl/N-ethyl adjacent to an activating group) is 1. The minimum atomic E-state index is -3.41. The third-order valence-electron chi connectivity index (χ3n) is 3.88. The van der Waals surface area contributed by atoms with Gasteiger partial charge in [-0.2, -0.15) is 0 Å². The standard InChI is InChI=1S/C14H23N3O2S/c1-15-12-6-8-14(9-7-12)20(18,19)16-11-13-5-3-4-10-17(13)2/h6-9,13,15-16H,3-5,10-11H2,1-2H3. The van der Waals surface area contributed by atoms with Crippen molar-refractivity contribution in [3.63, 3.8) is 0 Å². The summed E-state index contributed by atoms with van der Waals surface area (Å²) in [6, 6.07) is 7.08. The van der Waals surface area contributed by atoms with E-state index in [0.29, 0.717) is 17.5 Å². The smallest absolute Gasteiger partial charge is 0.240 e. The second-order valence-electron chi connectivity index (χ2n) is 5.26. The number of benzene rings is 1. The average Bonchev–Trinajstić information content (AvgIpc) is 2.46.